The highest BCUT2D eigenvalue weighted by Crippen LogP contribution is 2.18. The number of ether oxygens (including phenoxy) is 1. The molecule has 3 rings (SSSR count). The zero-order valence-corrected chi connectivity index (χ0v) is 18.1. The SMILES string of the molecule is COc1cccc(/C=c2\[nH]c(=O)/c(=C/c3ccc(SCCN(C)C)cc3)[nH]c2=O)c1. The third kappa shape index (κ3) is 5.98. The molecule has 0 saturated carbocycles. The molecule has 0 saturated heterocycles. The van der Waals surface area contributed by atoms with Gasteiger partial charge in [0, 0.05) is 17.2 Å². The van der Waals surface area contributed by atoms with Crippen molar-refractivity contribution >= 4 is 23.9 Å². The molecule has 7 heteroatoms. The Morgan fingerprint density at radius 3 is 2.17 bits per heavy atom. The maximum Gasteiger partial charge on any atom is 0.272 e. The van der Waals surface area contributed by atoms with Gasteiger partial charge in [-0.3, -0.25) is 9.59 Å². The molecular weight excluding hydrogens is 398 g/mol. The number of thioether (sulfide) groups is 1. The average molecular weight is 424 g/mol. The zero-order chi connectivity index (χ0) is 21.5. The summed E-state index contributed by atoms with van der Waals surface area (Å²) < 4.78 is 5.19. The number of rotatable bonds is 7. The first kappa shape index (κ1) is 21.7. The van der Waals surface area contributed by atoms with Crippen LogP contribution in [0.3, 0.4) is 0 Å². The molecule has 0 aliphatic carbocycles. The second kappa shape index (κ2) is 10.1. The topological polar surface area (TPSA) is 78.2 Å². The Labute approximate surface area is 178 Å². The zero-order valence-electron chi connectivity index (χ0n) is 17.3. The van der Waals surface area contributed by atoms with Crippen molar-refractivity contribution in [3.8, 4) is 5.75 Å². The van der Waals surface area contributed by atoms with Crippen LogP contribution < -0.4 is 26.6 Å². The summed E-state index contributed by atoms with van der Waals surface area (Å²) in [6, 6.07) is 15.2. The average Bonchev–Trinajstić information content (AvgIpc) is 2.73. The second-order valence-corrected chi connectivity index (χ2v) is 8.19. The monoisotopic (exact) mass is 423 g/mol. The van der Waals surface area contributed by atoms with E-state index in [0.717, 1.165) is 23.4 Å². The molecule has 3 aromatic rings. The Morgan fingerprint density at radius 1 is 0.933 bits per heavy atom. The molecule has 0 atom stereocenters. The highest BCUT2D eigenvalue weighted by atomic mass is 32.2. The number of H-pyrrole nitrogens is 2. The summed E-state index contributed by atoms with van der Waals surface area (Å²) >= 11 is 1.78. The lowest BCUT2D eigenvalue weighted by atomic mass is 10.2. The van der Waals surface area contributed by atoms with Crippen LogP contribution in [-0.4, -0.2) is 48.4 Å². The fraction of sp³-hybridized carbons (Fsp3) is 0.217. The van der Waals surface area contributed by atoms with E-state index in [1.54, 1.807) is 37.1 Å². The lowest BCUT2D eigenvalue weighted by molar-refractivity contribution is 0.414. The molecule has 1 heterocycles. The van der Waals surface area contributed by atoms with Crippen molar-refractivity contribution in [3.05, 3.63) is 91.1 Å². The molecular formula is C23H25N3O3S. The van der Waals surface area contributed by atoms with Gasteiger partial charge in [-0.05, 0) is 61.6 Å². The predicted octanol–water partition coefficient (Wildman–Crippen LogP) is 1.38. The molecule has 0 aliphatic rings. The van der Waals surface area contributed by atoms with Crippen LogP contribution in [0.15, 0.2) is 63.0 Å². The van der Waals surface area contributed by atoms with Crippen LogP contribution in [0.2, 0.25) is 0 Å². The molecule has 2 aromatic carbocycles. The van der Waals surface area contributed by atoms with Gasteiger partial charge in [0.2, 0.25) is 0 Å². The van der Waals surface area contributed by atoms with Gasteiger partial charge in [0.05, 0.1) is 7.11 Å². The number of hydrogen-bond acceptors (Lipinski definition) is 5. The van der Waals surface area contributed by atoms with Crippen molar-refractivity contribution in [2.24, 2.45) is 0 Å². The van der Waals surface area contributed by atoms with Crippen LogP contribution in [0, 0.1) is 0 Å². The van der Waals surface area contributed by atoms with E-state index < -0.39 is 0 Å². The minimum Gasteiger partial charge on any atom is -0.497 e. The van der Waals surface area contributed by atoms with Gasteiger partial charge in [0.25, 0.3) is 11.1 Å². The van der Waals surface area contributed by atoms with Gasteiger partial charge in [0.15, 0.2) is 0 Å². The molecule has 0 amide bonds. The van der Waals surface area contributed by atoms with Crippen molar-refractivity contribution < 1.29 is 4.74 Å². The smallest absolute Gasteiger partial charge is 0.272 e. The van der Waals surface area contributed by atoms with E-state index in [-0.39, 0.29) is 21.8 Å². The molecule has 0 aliphatic heterocycles. The predicted molar refractivity (Wildman–Crippen MR) is 123 cm³/mol. The summed E-state index contributed by atoms with van der Waals surface area (Å²) in [6.45, 7) is 1.01. The van der Waals surface area contributed by atoms with Crippen LogP contribution in [0.1, 0.15) is 11.1 Å². The molecule has 6 nitrogen and oxygen atoms in total. The quantitative estimate of drug-likeness (QED) is 0.562. The maximum absolute atomic E-state index is 12.5. The van der Waals surface area contributed by atoms with E-state index in [0.29, 0.717) is 5.75 Å². The summed E-state index contributed by atoms with van der Waals surface area (Å²) in [6.07, 6.45) is 3.29. The van der Waals surface area contributed by atoms with Crippen molar-refractivity contribution in [2.75, 3.05) is 33.5 Å². The van der Waals surface area contributed by atoms with Gasteiger partial charge in [-0.2, -0.15) is 0 Å². The van der Waals surface area contributed by atoms with Crippen molar-refractivity contribution in [2.45, 2.75) is 4.90 Å². The molecule has 0 unspecified atom stereocenters. The number of benzene rings is 2. The first-order valence-electron chi connectivity index (χ1n) is 9.52. The number of hydrogen-bond donors (Lipinski definition) is 2. The molecule has 0 radical (unpaired) electrons. The Morgan fingerprint density at radius 2 is 1.57 bits per heavy atom. The number of methoxy groups -OCH3 is 1. The summed E-state index contributed by atoms with van der Waals surface area (Å²) in [7, 11) is 5.68. The molecule has 156 valence electrons. The highest BCUT2D eigenvalue weighted by Gasteiger charge is 2.00. The molecule has 30 heavy (non-hydrogen) atoms. The van der Waals surface area contributed by atoms with Crippen LogP contribution in [0.4, 0.5) is 0 Å². The third-order valence-corrected chi connectivity index (χ3v) is 5.38. The maximum atomic E-state index is 12.5. The van der Waals surface area contributed by atoms with Gasteiger partial charge in [0.1, 0.15) is 16.4 Å². The molecule has 2 N–H and O–H groups in total. The molecule has 0 bridgehead atoms. The van der Waals surface area contributed by atoms with Gasteiger partial charge >= 0.3 is 0 Å². The largest absolute Gasteiger partial charge is 0.497 e. The van der Waals surface area contributed by atoms with Gasteiger partial charge in [-0.25, -0.2) is 0 Å². The van der Waals surface area contributed by atoms with Gasteiger partial charge in [-0.1, -0.05) is 24.3 Å². The Hall–Kier alpha value is -3.03. The van der Waals surface area contributed by atoms with Crippen molar-refractivity contribution in [1.29, 1.82) is 0 Å². The fourth-order valence-corrected chi connectivity index (χ4v) is 3.79. The van der Waals surface area contributed by atoms with E-state index in [4.69, 9.17) is 4.74 Å². The first-order chi connectivity index (χ1) is 14.4. The molecule has 0 fully saturated rings. The first-order valence-corrected chi connectivity index (χ1v) is 10.5. The molecule has 1 aromatic heterocycles. The van der Waals surface area contributed by atoms with Crippen LogP contribution in [0.25, 0.3) is 12.2 Å². The number of aromatic nitrogens is 2. The minimum atomic E-state index is -0.362. The van der Waals surface area contributed by atoms with Gasteiger partial charge in [-0.15, -0.1) is 11.8 Å². The van der Waals surface area contributed by atoms with Gasteiger partial charge < -0.3 is 19.6 Å². The minimum absolute atomic E-state index is 0.193. The van der Waals surface area contributed by atoms with Crippen LogP contribution in [-0.2, 0) is 0 Å². The van der Waals surface area contributed by atoms with Crippen molar-refractivity contribution in [3.63, 3.8) is 0 Å². The number of aromatic amines is 2. The Balaban J connectivity index is 1.86. The summed E-state index contributed by atoms with van der Waals surface area (Å²) in [5, 5.41) is 0.411. The van der Waals surface area contributed by atoms with E-state index in [1.165, 1.54) is 4.90 Å². The Bertz CT molecular complexity index is 1230. The second-order valence-electron chi connectivity index (χ2n) is 7.02. The number of nitrogens with zero attached hydrogens (tertiary/aromatic N) is 1. The summed E-state index contributed by atoms with van der Waals surface area (Å²) in [5.41, 5.74) is 0.889. The van der Waals surface area contributed by atoms with Crippen LogP contribution in [0.5, 0.6) is 5.75 Å². The fourth-order valence-electron chi connectivity index (χ4n) is 2.77. The normalized spacial score (nSPS) is 12.5. The lowest BCUT2D eigenvalue weighted by Crippen LogP contribution is -2.46. The van der Waals surface area contributed by atoms with Crippen LogP contribution >= 0.6 is 11.8 Å². The summed E-state index contributed by atoms with van der Waals surface area (Å²) in [5.74, 6) is 1.68. The summed E-state index contributed by atoms with van der Waals surface area (Å²) in [4.78, 5) is 33.6. The lowest BCUT2D eigenvalue weighted by Gasteiger charge is -2.08. The standard InChI is InChI=1S/C23H25N3O3S/c1-26(2)11-12-30-19-9-7-16(8-10-19)14-20-22(27)25-21(23(28)24-20)15-17-5-4-6-18(13-17)29-3/h4-10,13-15H,11-12H2,1-3H3,(H,24,28)(H,25,27)/b20-14-,21-15-. The third-order valence-electron chi connectivity index (χ3n) is 4.39. The molecule has 0 spiro atoms. The highest BCUT2D eigenvalue weighted by molar-refractivity contribution is 7.99. The van der Waals surface area contributed by atoms with E-state index in [1.807, 2.05) is 42.5 Å². The van der Waals surface area contributed by atoms with E-state index >= 15 is 0 Å². The number of nitrogens with one attached hydrogen (secondary N) is 2. The van der Waals surface area contributed by atoms with E-state index in [9.17, 15) is 9.59 Å². The van der Waals surface area contributed by atoms with Crippen molar-refractivity contribution in [1.82, 2.24) is 14.9 Å². The Kier molecular flexibility index (Phi) is 7.32. The van der Waals surface area contributed by atoms with E-state index in [2.05, 4.69) is 29.0 Å².